The predicted octanol–water partition coefficient (Wildman–Crippen LogP) is 3.01. The first-order valence-electron chi connectivity index (χ1n) is 6.48. The number of para-hydroxylation sites is 1. The number of nitrogens with one attached hydrogen (secondary N) is 1. The number of fused-ring (bicyclic) bond motifs is 1. The molecule has 0 saturated heterocycles. The number of pyridine rings is 2. The number of hydrogen-bond acceptors (Lipinski definition) is 4. The Morgan fingerprint density at radius 3 is 2.71 bits per heavy atom. The largest absolute Gasteiger partial charge is 0.437 e. The highest BCUT2D eigenvalue weighted by atomic mass is 16.5. The van der Waals surface area contributed by atoms with Crippen molar-refractivity contribution in [3.63, 3.8) is 0 Å². The molecule has 0 aliphatic carbocycles. The molecule has 0 aliphatic heterocycles. The lowest BCUT2D eigenvalue weighted by atomic mass is 10.2. The minimum atomic E-state index is -0.0171. The smallest absolute Gasteiger partial charge is 0.219 e. The molecule has 5 heteroatoms. The van der Waals surface area contributed by atoms with Crippen LogP contribution in [0.1, 0.15) is 11.3 Å². The topological polar surface area (TPSA) is 84.9 Å². The van der Waals surface area contributed by atoms with Crippen molar-refractivity contribution in [1.82, 2.24) is 9.97 Å². The van der Waals surface area contributed by atoms with Gasteiger partial charge < -0.3 is 10.5 Å². The van der Waals surface area contributed by atoms with E-state index in [1.807, 2.05) is 37.3 Å². The van der Waals surface area contributed by atoms with Crippen LogP contribution in [0, 0.1) is 12.3 Å². The number of amidine groups is 1. The van der Waals surface area contributed by atoms with Gasteiger partial charge in [0.1, 0.15) is 11.4 Å². The number of nitrogens with zero attached hydrogens (tertiary/aromatic N) is 2. The van der Waals surface area contributed by atoms with Gasteiger partial charge in [-0.2, -0.15) is 0 Å². The molecule has 0 saturated carbocycles. The Hall–Kier alpha value is -2.95. The van der Waals surface area contributed by atoms with Crippen LogP contribution in [0.4, 0.5) is 0 Å². The maximum absolute atomic E-state index is 7.35. The van der Waals surface area contributed by atoms with Gasteiger partial charge in [-0.3, -0.25) is 5.41 Å². The summed E-state index contributed by atoms with van der Waals surface area (Å²) in [5, 5.41) is 8.36. The van der Waals surface area contributed by atoms with E-state index in [-0.39, 0.29) is 5.84 Å². The third kappa shape index (κ3) is 2.67. The molecular formula is C16H14N4O. The van der Waals surface area contributed by atoms with Crippen molar-refractivity contribution in [2.75, 3.05) is 0 Å². The summed E-state index contributed by atoms with van der Waals surface area (Å²) >= 11 is 0. The molecule has 2 heterocycles. The van der Waals surface area contributed by atoms with Crippen LogP contribution in [0.3, 0.4) is 0 Å². The minimum absolute atomic E-state index is 0.0171. The molecule has 5 nitrogen and oxygen atoms in total. The molecule has 0 bridgehead atoms. The first-order valence-corrected chi connectivity index (χ1v) is 6.48. The summed E-state index contributed by atoms with van der Waals surface area (Å²) < 4.78 is 5.80. The van der Waals surface area contributed by atoms with Gasteiger partial charge in [0.05, 0.1) is 0 Å². The summed E-state index contributed by atoms with van der Waals surface area (Å²) in [5.41, 5.74) is 7.69. The van der Waals surface area contributed by atoms with Crippen LogP contribution in [0.15, 0.2) is 48.7 Å². The van der Waals surface area contributed by atoms with Crippen molar-refractivity contribution in [1.29, 1.82) is 5.41 Å². The van der Waals surface area contributed by atoms with Crippen molar-refractivity contribution in [3.05, 3.63) is 59.9 Å². The van der Waals surface area contributed by atoms with Gasteiger partial charge in [-0.15, -0.1) is 0 Å². The van der Waals surface area contributed by atoms with Crippen molar-refractivity contribution >= 4 is 16.7 Å². The van der Waals surface area contributed by atoms with Crippen molar-refractivity contribution in [2.24, 2.45) is 5.73 Å². The fraction of sp³-hybridized carbons (Fsp3) is 0.0625. The third-order valence-electron chi connectivity index (χ3n) is 3.08. The maximum Gasteiger partial charge on any atom is 0.219 e. The Morgan fingerprint density at radius 1 is 1.14 bits per heavy atom. The first-order chi connectivity index (χ1) is 10.1. The Labute approximate surface area is 121 Å². The lowest BCUT2D eigenvalue weighted by molar-refractivity contribution is 0.467. The zero-order valence-corrected chi connectivity index (χ0v) is 11.5. The molecular weight excluding hydrogens is 264 g/mol. The fourth-order valence-electron chi connectivity index (χ4n) is 2.01. The number of nitrogens with two attached hydrogens (primary N) is 1. The van der Waals surface area contributed by atoms with E-state index in [0.717, 1.165) is 16.6 Å². The fourth-order valence-corrected chi connectivity index (χ4v) is 2.01. The van der Waals surface area contributed by atoms with Gasteiger partial charge in [0.25, 0.3) is 0 Å². The summed E-state index contributed by atoms with van der Waals surface area (Å²) in [6, 6.07) is 13.1. The molecule has 0 radical (unpaired) electrons. The van der Waals surface area contributed by atoms with Gasteiger partial charge in [-0.25, -0.2) is 9.97 Å². The number of nitrogen functional groups attached to an aromatic ring is 1. The molecule has 3 rings (SSSR count). The highest BCUT2D eigenvalue weighted by molar-refractivity contribution is 5.94. The molecule has 21 heavy (non-hydrogen) atoms. The lowest BCUT2D eigenvalue weighted by Gasteiger charge is -2.08. The number of ether oxygens (including phenoxy) is 1. The van der Waals surface area contributed by atoms with Crippen molar-refractivity contribution in [2.45, 2.75) is 6.92 Å². The van der Waals surface area contributed by atoms with Gasteiger partial charge >= 0.3 is 0 Å². The minimum Gasteiger partial charge on any atom is -0.437 e. The molecule has 3 N–H and O–H groups in total. The first kappa shape index (κ1) is 13.1. The average molecular weight is 278 g/mol. The van der Waals surface area contributed by atoms with E-state index in [4.69, 9.17) is 15.9 Å². The molecule has 0 amide bonds. The zero-order valence-electron chi connectivity index (χ0n) is 11.5. The van der Waals surface area contributed by atoms with Crippen LogP contribution in [0.25, 0.3) is 10.9 Å². The summed E-state index contributed by atoms with van der Waals surface area (Å²) in [4.78, 5) is 8.66. The maximum atomic E-state index is 7.35. The number of hydrogen-bond donors (Lipinski definition) is 2. The van der Waals surface area contributed by atoms with Gasteiger partial charge in [0.15, 0.2) is 5.75 Å². The van der Waals surface area contributed by atoms with Crippen molar-refractivity contribution in [3.8, 4) is 11.6 Å². The second-order valence-corrected chi connectivity index (χ2v) is 4.68. The number of benzene rings is 1. The van der Waals surface area contributed by atoms with E-state index in [9.17, 15) is 0 Å². The van der Waals surface area contributed by atoms with Crippen LogP contribution in [0.5, 0.6) is 11.6 Å². The van der Waals surface area contributed by atoms with E-state index in [1.54, 1.807) is 12.1 Å². The molecule has 0 fully saturated rings. The summed E-state index contributed by atoms with van der Waals surface area (Å²) in [7, 11) is 0. The molecule has 2 aromatic heterocycles. The highest BCUT2D eigenvalue weighted by Gasteiger charge is 2.06. The molecule has 104 valence electrons. The normalized spacial score (nSPS) is 10.5. The highest BCUT2D eigenvalue weighted by Crippen LogP contribution is 2.27. The Morgan fingerprint density at radius 2 is 2.00 bits per heavy atom. The summed E-state index contributed by atoms with van der Waals surface area (Å²) in [6.07, 6.45) is 1.52. The molecule has 0 aliphatic rings. The Balaban J connectivity index is 1.97. The lowest BCUT2D eigenvalue weighted by Crippen LogP contribution is -2.11. The van der Waals surface area contributed by atoms with E-state index in [2.05, 4.69) is 9.97 Å². The summed E-state index contributed by atoms with van der Waals surface area (Å²) in [5.74, 6) is 1.08. The second kappa shape index (κ2) is 5.20. The molecule has 0 unspecified atom stereocenters. The Bertz CT molecular complexity index is 812. The van der Waals surface area contributed by atoms with Crippen LogP contribution in [0.2, 0.25) is 0 Å². The van der Waals surface area contributed by atoms with Crippen LogP contribution < -0.4 is 10.5 Å². The summed E-state index contributed by atoms with van der Waals surface area (Å²) in [6.45, 7) is 1.94. The molecule has 3 aromatic rings. The monoisotopic (exact) mass is 278 g/mol. The van der Waals surface area contributed by atoms with E-state index in [0.29, 0.717) is 17.2 Å². The van der Waals surface area contributed by atoms with Gasteiger partial charge in [0, 0.05) is 28.9 Å². The van der Waals surface area contributed by atoms with E-state index in [1.165, 1.54) is 6.20 Å². The number of aryl methyl sites for hydroxylation is 1. The SMILES string of the molecule is Cc1ccc2cccc(Oc3ccc(C(=N)N)cn3)c2n1. The zero-order chi connectivity index (χ0) is 14.8. The second-order valence-electron chi connectivity index (χ2n) is 4.68. The van der Waals surface area contributed by atoms with Crippen LogP contribution in [-0.4, -0.2) is 15.8 Å². The van der Waals surface area contributed by atoms with Crippen LogP contribution in [-0.2, 0) is 0 Å². The average Bonchev–Trinajstić information content (AvgIpc) is 2.48. The third-order valence-corrected chi connectivity index (χ3v) is 3.08. The molecule has 1 aromatic carbocycles. The van der Waals surface area contributed by atoms with Crippen LogP contribution >= 0.6 is 0 Å². The van der Waals surface area contributed by atoms with E-state index >= 15 is 0 Å². The predicted molar refractivity (Wildman–Crippen MR) is 81.8 cm³/mol. The Kier molecular flexibility index (Phi) is 3.23. The number of rotatable bonds is 3. The van der Waals surface area contributed by atoms with Gasteiger partial charge in [-0.05, 0) is 25.1 Å². The standard InChI is InChI=1S/C16H14N4O/c1-10-5-6-11-3-2-4-13(15(11)20-10)21-14-8-7-12(9-19-14)16(17)18/h2-9H,1H3,(H3,17,18). The van der Waals surface area contributed by atoms with Gasteiger partial charge in [-0.1, -0.05) is 18.2 Å². The molecule has 0 spiro atoms. The van der Waals surface area contributed by atoms with E-state index < -0.39 is 0 Å². The van der Waals surface area contributed by atoms with Gasteiger partial charge in [0.2, 0.25) is 5.88 Å². The molecule has 0 atom stereocenters. The number of aromatic nitrogens is 2. The van der Waals surface area contributed by atoms with Crippen molar-refractivity contribution < 1.29 is 4.74 Å². The quantitative estimate of drug-likeness (QED) is 0.569.